The van der Waals surface area contributed by atoms with E-state index in [0.717, 1.165) is 21.8 Å². The highest BCUT2D eigenvalue weighted by atomic mass is 79.9. The van der Waals surface area contributed by atoms with Crippen LogP contribution in [0.15, 0.2) is 21.0 Å². The minimum atomic E-state index is 0.440. The minimum Gasteiger partial charge on any atom is -0.457 e. The average molecular weight is 308 g/mol. The number of rotatable bonds is 2. The van der Waals surface area contributed by atoms with Gasteiger partial charge in [0.25, 0.3) is 0 Å². The van der Waals surface area contributed by atoms with E-state index in [0.29, 0.717) is 23.3 Å². The summed E-state index contributed by atoms with van der Waals surface area (Å²) in [5.41, 5.74) is 6.64. The molecule has 5 heteroatoms. The Labute approximate surface area is 114 Å². The summed E-state index contributed by atoms with van der Waals surface area (Å²) in [5.74, 6) is 3.99. The first-order chi connectivity index (χ1) is 8.56. The van der Waals surface area contributed by atoms with Crippen molar-refractivity contribution >= 4 is 21.7 Å². The van der Waals surface area contributed by atoms with Crippen molar-refractivity contribution in [1.82, 2.24) is 9.97 Å². The van der Waals surface area contributed by atoms with Crippen LogP contribution in [-0.2, 0) is 0 Å². The molecule has 2 aromatic heterocycles. The summed E-state index contributed by atoms with van der Waals surface area (Å²) < 4.78 is 6.56. The largest absolute Gasteiger partial charge is 0.457 e. The number of nitrogens with zero attached hydrogens (tertiary/aromatic N) is 2. The van der Waals surface area contributed by atoms with Crippen LogP contribution >= 0.6 is 15.9 Å². The van der Waals surface area contributed by atoms with Crippen molar-refractivity contribution in [1.29, 1.82) is 0 Å². The van der Waals surface area contributed by atoms with E-state index in [9.17, 15) is 0 Å². The number of furan rings is 1. The van der Waals surface area contributed by atoms with E-state index in [4.69, 9.17) is 10.2 Å². The van der Waals surface area contributed by atoms with E-state index in [1.54, 1.807) is 0 Å². The van der Waals surface area contributed by atoms with Gasteiger partial charge in [-0.2, -0.15) is 0 Å². The first-order valence-electron chi connectivity index (χ1n) is 5.96. The molecule has 1 aliphatic carbocycles. The van der Waals surface area contributed by atoms with Crippen molar-refractivity contribution in [2.75, 3.05) is 5.73 Å². The standard InChI is InChI=1S/C13H14BrN3O/c1-6-5-8(6)9-3-4-10(18-9)13-16-7(2)11(14)12(15)17-13/h3-4,6,8H,5H2,1-2H3,(H2,15,16,17). The van der Waals surface area contributed by atoms with Gasteiger partial charge in [-0.3, -0.25) is 0 Å². The number of halogens is 1. The van der Waals surface area contributed by atoms with Gasteiger partial charge in [0.05, 0.1) is 10.2 Å². The number of anilines is 1. The molecule has 1 fully saturated rings. The van der Waals surface area contributed by atoms with Crippen LogP contribution in [0.4, 0.5) is 5.82 Å². The Morgan fingerprint density at radius 1 is 1.39 bits per heavy atom. The molecule has 3 rings (SSSR count). The Balaban J connectivity index is 1.97. The predicted molar refractivity (Wildman–Crippen MR) is 73.1 cm³/mol. The monoisotopic (exact) mass is 307 g/mol. The van der Waals surface area contributed by atoms with Crippen LogP contribution in [0.25, 0.3) is 11.6 Å². The number of nitrogens with two attached hydrogens (primary N) is 1. The van der Waals surface area contributed by atoms with Gasteiger partial charge in [-0.15, -0.1) is 0 Å². The maximum Gasteiger partial charge on any atom is 0.197 e. The van der Waals surface area contributed by atoms with Gasteiger partial charge in [0.15, 0.2) is 11.6 Å². The molecule has 1 aliphatic rings. The van der Waals surface area contributed by atoms with Gasteiger partial charge in [0.1, 0.15) is 11.6 Å². The van der Waals surface area contributed by atoms with Crippen LogP contribution in [0.3, 0.4) is 0 Å². The summed E-state index contributed by atoms with van der Waals surface area (Å²) >= 11 is 3.35. The molecular formula is C13H14BrN3O. The lowest BCUT2D eigenvalue weighted by Gasteiger charge is -2.03. The fourth-order valence-corrected chi connectivity index (χ4v) is 2.26. The van der Waals surface area contributed by atoms with Crippen molar-refractivity contribution in [2.24, 2.45) is 5.92 Å². The van der Waals surface area contributed by atoms with E-state index in [1.807, 2.05) is 19.1 Å². The maximum atomic E-state index is 5.82. The molecule has 2 atom stereocenters. The van der Waals surface area contributed by atoms with E-state index in [2.05, 4.69) is 32.8 Å². The van der Waals surface area contributed by atoms with Gasteiger partial charge >= 0.3 is 0 Å². The first kappa shape index (κ1) is 11.7. The van der Waals surface area contributed by atoms with Crippen molar-refractivity contribution in [3.8, 4) is 11.6 Å². The summed E-state index contributed by atoms with van der Waals surface area (Å²) in [6.45, 7) is 4.11. The van der Waals surface area contributed by atoms with E-state index < -0.39 is 0 Å². The lowest BCUT2D eigenvalue weighted by atomic mass is 10.3. The highest BCUT2D eigenvalue weighted by Crippen LogP contribution is 2.47. The number of aryl methyl sites for hydroxylation is 1. The molecule has 0 saturated heterocycles. The summed E-state index contributed by atoms with van der Waals surface area (Å²) in [5, 5.41) is 0. The molecule has 0 aromatic carbocycles. The van der Waals surface area contributed by atoms with Crippen molar-refractivity contribution < 1.29 is 4.42 Å². The van der Waals surface area contributed by atoms with Crippen molar-refractivity contribution in [3.63, 3.8) is 0 Å². The van der Waals surface area contributed by atoms with Crippen molar-refractivity contribution in [2.45, 2.75) is 26.2 Å². The Hall–Kier alpha value is -1.36. The fourth-order valence-electron chi connectivity index (χ4n) is 2.08. The smallest absolute Gasteiger partial charge is 0.197 e. The Morgan fingerprint density at radius 2 is 2.11 bits per heavy atom. The molecule has 0 radical (unpaired) electrons. The van der Waals surface area contributed by atoms with E-state index >= 15 is 0 Å². The molecule has 2 unspecified atom stereocenters. The zero-order chi connectivity index (χ0) is 12.9. The molecule has 1 saturated carbocycles. The second kappa shape index (κ2) is 4.09. The van der Waals surface area contributed by atoms with Crippen molar-refractivity contribution in [3.05, 3.63) is 28.1 Å². The van der Waals surface area contributed by atoms with E-state index in [1.165, 1.54) is 6.42 Å². The quantitative estimate of drug-likeness (QED) is 0.922. The number of aromatic nitrogens is 2. The highest BCUT2D eigenvalue weighted by molar-refractivity contribution is 9.10. The maximum absolute atomic E-state index is 5.82. The molecule has 0 aliphatic heterocycles. The second-order valence-corrected chi connectivity index (χ2v) is 5.65. The van der Waals surface area contributed by atoms with Gasteiger partial charge in [-0.05, 0) is 47.3 Å². The van der Waals surface area contributed by atoms with Gasteiger partial charge in [-0.1, -0.05) is 6.92 Å². The molecule has 0 amide bonds. The number of hydrogen-bond donors (Lipinski definition) is 1. The predicted octanol–water partition coefficient (Wildman–Crippen LogP) is 3.51. The molecule has 0 bridgehead atoms. The average Bonchev–Trinajstić information content (AvgIpc) is 2.89. The molecule has 4 nitrogen and oxygen atoms in total. The van der Waals surface area contributed by atoms with Crippen LogP contribution in [0.5, 0.6) is 0 Å². The summed E-state index contributed by atoms with van der Waals surface area (Å²) in [4.78, 5) is 8.63. The van der Waals surface area contributed by atoms with Gasteiger partial charge < -0.3 is 10.2 Å². The second-order valence-electron chi connectivity index (χ2n) is 4.85. The molecule has 94 valence electrons. The van der Waals surface area contributed by atoms with Crippen LogP contribution in [-0.4, -0.2) is 9.97 Å². The fraction of sp³-hybridized carbons (Fsp3) is 0.385. The SMILES string of the molecule is Cc1nc(-c2ccc(C3CC3C)o2)nc(N)c1Br. The third-order valence-electron chi connectivity index (χ3n) is 3.36. The Bertz CT molecular complexity index is 585. The molecule has 2 N–H and O–H groups in total. The lowest BCUT2D eigenvalue weighted by Crippen LogP contribution is -1.99. The Kier molecular flexibility index (Phi) is 2.66. The minimum absolute atomic E-state index is 0.440. The third kappa shape index (κ3) is 1.92. The van der Waals surface area contributed by atoms with Crippen LogP contribution in [0.2, 0.25) is 0 Å². The molecule has 2 heterocycles. The first-order valence-corrected chi connectivity index (χ1v) is 6.75. The summed E-state index contributed by atoms with van der Waals surface area (Å²) in [6, 6.07) is 3.93. The number of hydrogen-bond acceptors (Lipinski definition) is 4. The molecule has 18 heavy (non-hydrogen) atoms. The van der Waals surface area contributed by atoms with Crippen LogP contribution in [0.1, 0.15) is 30.7 Å². The van der Waals surface area contributed by atoms with Gasteiger partial charge in [0, 0.05) is 5.92 Å². The topological polar surface area (TPSA) is 64.9 Å². The highest BCUT2D eigenvalue weighted by Gasteiger charge is 2.36. The zero-order valence-electron chi connectivity index (χ0n) is 10.3. The third-order valence-corrected chi connectivity index (χ3v) is 4.34. The Morgan fingerprint density at radius 3 is 2.72 bits per heavy atom. The van der Waals surface area contributed by atoms with Gasteiger partial charge in [-0.25, -0.2) is 9.97 Å². The van der Waals surface area contributed by atoms with Gasteiger partial charge in [0.2, 0.25) is 0 Å². The zero-order valence-corrected chi connectivity index (χ0v) is 11.9. The molecular weight excluding hydrogens is 294 g/mol. The summed E-state index contributed by atoms with van der Waals surface area (Å²) in [6.07, 6.45) is 1.20. The number of nitrogen functional groups attached to an aromatic ring is 1. The van der Waals surface area contributed by atoms with Crippen LogP contribution in [0, 0.1) is 12.8 Å². The summed E-state index contributed by atoms with van der Waals surface area (Å²) in [7, 11) is 0. The normalized spacial score (nSPS) is 22.2. The van der Waals surface area contributed by atoms with Crippen LogP contribution < -0.4 is 5.73 Å². The van der Waals surface area contributed by atoms with E-state index in [-0.39, 0.29) is 0 Å². The lowest BCUT2D eigenvalue weighted by molar-refractivity contribution is 0.515. The molecule has 2 aromatic rings. The molecule has 0 spiro atoms.